The lowest BCUT2D eigenvalue weighted by molar-refractivity contribution is 0.209. The van der Waals surface area contributed by atoms with E-state index in [-0.39, 0.29) is 4.75 Å². The summed E-state index contributed by atoms with van der Waals surface area (Å²) < 4.78 is 3.02. The SMILES string of the molecule is [CH2]CCN1CCC(C)(SN=O)CC1. The Kier molecular flexibility index (Phi) is 4.19. The standard InChI is InChI=1S/C9H17N2OS/c1-3-6-11-7-4-9(2,5-8-11)13-10-12/h1,3-8H2,2H3. The molecule has 1 heterocycles. The number of hydrogen-bond acceptors (Lipinski definition) is 4. The van der Waals surface area contributed by atoms with Gasteiger partial charge in [0.05, 0.1) is 0 Å². The fourth-order valence-corrected chi connectivity index (χ4v) is 2.20. The predicted octanol–water partition coefficient (Wildman–Crippen LogP) is 2.48. The fraction of sp³-hybridized carbons (Fsp3) is 0.889. The van der Waals surface area contributed by atoms with Crippen LogP contribution in [0.5, 0.6) is 0 Å². The molecule has 75 valence electrons. The van der Waals surface area contributed by atoms with Gasteiger partial charge in [0.15, 0.2) is 0 Å². The highest BCUT2D eigenvalue weighted by molar-refractivity contribution is 7.99. The molecule has 0 aromatic rings. The van der Waals surface area contributed by atoms with Gasteiger partial charge in [0.2, 0.25) is 0 Å². The zero-order valence-corrected chi connectivity index (χ0v) is 8.98. The number of hydrogen-bond donors (Lipinski definition) is 0. The normalized spacial score (nSPS) is 22.9. The summed E-state index contributed by atoms with van der Waals surface area (Å²) in [6.45, 7) is 9.20. The molecule has 1 fully saturated rings. The molecule has 1 aliphatic heterocycles. The molecule has 0 aromatic heterocycles. The van der Waals surface area contributed by atoms with Gasteiger partial charge >= 0.3 is 0 Å². The van der Waals surface area contributed by atoms with Gasteiger partial charge in [0.25, 0.3) is 0 Å². The third-order valence-corrected chi connectivity index (χ3v) is 3.57. The number of nitroso groups, excluding NO2 is 1. The summed E-state index contributed by atoms with van der Waals surface area (Å²) >= 11 is 1.20. The predicted molar refractivity (Wildman–Crippen MR) is 57.4 cm³/mol. The van der Waals surface area contributed by atoms with Crippen molar-refractivity contribution in [3.8, 4) is 0 Å². The van der Waals surface area contributed by atoms with Gasteiger partial charge in [-0.15, -0.1) is 4.91 Å². The first-order chi connectivity index (χ1) is 6.20. The maximum atomic E-state index is 10.2. The van der Waals surface area contributed by atoms with E-state index in [1.165, 1.54) is 11.9 Å². The molecular formula is C9H17N2OS. The van der Waals surface area contributed by atoms with Crippen molar-refractivity contribution < 1.29 is 0 Å². The molecule has 4 heteroatoms. The average molecular weight is 201 g/mol. The van der Waals surface area contributed by atoms with Gasteiger partial charge in [0.1, 0.15) is 0 Å². The van der Waals surface area contributed by atoms with Crippen molar-refractivity contribution >= 4 is 11.9 Å². The van der Waals surface area contributed by atoms with Crippen LogP contribution in [-0.4, -0.2) is 29.3 Å². The molecule has 0 spiro atoms. The third-order valence-electron chi connectivity index (χ3n) is 2.65. The topological polar surface area (TPSA) is 32.7 Å². The minimum atomic E-state index is 0.0828. The molecule has 1 aliphatic rings. The van der Waals surface area contributed by atoms with Crippen molar-refractivity contribution in [3.63, 3.8) is 0 Å². The quantitative estimate of drug-likeness (QED) is 0.517. The monoisotopic (exact) mass is 201 g/mol. The van der Waals surface area contributed by atoms with Crippen LogP contribution in [0.15, 0.2) is 4.58 Å². The van der Waals surface area contributed by atoms with Crippen LogP contribution in [0.3, 0.4) is 0 Å². The Labute approximate surface area is 84.4 Å². The molecule has 0 bridgehead atoms. The van der Waals surface area contributed by atoms with Crippen LogP contribution >= 0.6 is 11.9 Å². The largest absolute Gasteiger partial charge is 0.303 e. The Balaban J connectivity index is 2.32. The molecule has 0 unspecified atom stereocenters. The fourth-order valence-electron chi connectivity index (χ4n) is 1.65. The van der Waals surface area contributed by atoms with Crippen LogP contribution in [0.1, 0.15) is 26.2 Å². The van der Waals surface area contributed by atoms with E-state index in [0.717, 1.165) is 38.9 Å². The molecular weight excluding hydrogens is 184 g/mol. The second-order valence-corrected chi connectivity index (χ2v) is 5.13. The van der Waals surface area contributed by atoms with E-state index >= 15 is 0 Å². The smallest absolute Gasteiger partial charge is 0.0408 e. The van der Waals surface area contributed by atoms with Crippen molar-refractivity contribution in [1.82, 2.24) is 4.90 Å². The number of rotatable bonds is 4. The van der Waals surface area contributed by atoms with E-state index in [1.807, 2.05) is 0 Å². The highest BCUT2D eigenvalue weighted by Gasteiger charge is 2.31. The maximum Gasteiger partial charge on any atom is 0.0408 e. The Morgan fingerprint density at radius 2 is 2.15 bits per heavy atom. The Bertz CT molecular complexity index is 167. The zero-order chi connectivity index (χ0) is 9.73. The van der Waals surface area contributed by atoms with Crippen molar-refractivity contribution in [1.29, 1.82) is 0 Å². The van der Waals surface area contributed by atoms with E-state index in [4.69, 9.17) is 0 Å². The van der Waals surface area contributed by atoms with Crippen molar-refractivity contribution in [3.05, 3.63) is 11.8 Å². The molecule has 1 saturated heterocycles. The minimum Gasteiger partial charge on any atom is -0.303 e. The molecule has 1 rings (SSSR count). The summed E-state index contributed by atoms with van der Waals surface area (Å²) in [6.07, 6.45) is 3.09. The molecule has 0 saturated carbocycles. The molecule has 0 aromatic carbocycles. The summed E-state index contributed by atoms with van der Waals surface area (Å²) in [5.41, 5.74) is 0. The number of likely N-dealkylation sites (tertiary alicyclic amines) is 1. The highest BCUT2D eigenvalue weighted by atomic mass is 32.2. The number of nitrogens with zero attached hydrogens (tertiary/aromatic N) is 2. The van der Waals surface area contributed by atoms with Crippen LogP contribution < -0.4 is 0 Å². The summed E-state index contributed by atoms with van der Waals surface area (Å²) in [7, 11) is 0. The maximum absolute atomic E-state index is 10.2. The van der Waals surface area contributed by atoms with Gasteiger partial charge in [-0.3, -0.25) is 0 Å². The summed E-state index contributed by atoms with van der Waals surface area (Å²) in [4.78, 5) is 12.6. The van der Waals surface area contributed by atoms with Crippen molar-refractivity contribution in [2.45, 2.75) is 30.9 Å². The first kappa shape index (κ1) is 11.0. The second-order valence-electron chi connectivity index (χ2n) is 3.81. The van der Waals surface area contributed by atoms with E-state index in [9.17, 15) is 4.91 Å². The second kappa shape index (κ2) is 4.96. The van der Waals surface area contributed by atoms with Gasteiger partial charge in [-0.2, -0.15) is 0 Å². The highest BCUT2D eigenvalue weighted by Crippen LogP contribution is 2.35. The van der Waals surface area contributed by atoms with Crippen LogP contribution in [0.4, 0.5) is 0 Å². The van der Waals surface area contributed by atoms with Gasteiger partial charge in [-0.25, -0.2) is 0 Å². The van der Waals surface area contributed by atoms with Gasteiger partial charge in [-0.1, -0.05) is 6.92 Å². The summed E-state index contributed by atoms with van der Waals surface area (Å²) in [5.74, 6) is 0. The van der Waals surface area contributed by atoms with E-state index < -0.39 is 0 Å². The van der Waals surface area contributed by atoms with E-state index in [0.29, 0.717) is 0 Å². The van der Waals surface area contributed by atoms with Crippen molar-refractivity contribution in [2.24, 2.45) is 4.58 Å². The third kappa shape index (κ3) is 3.27. The van der Waals surface area contributed by atoms with Crippen LogP contribution in [0.2, 0.25) is 0 Å². The van der Waals surface area contributed by atoms with Crippen LogP contribution in [0.25, 0.3) is 0 Å². The summed E-state index contributed by atoms with van der Waals surface area (Å²) in [6, 6.07) is 0. The lowest BCUT2D eigenvalue weighted by atomic mass is 9.98. The van der Waals surface area contributed by atoms with E-state index in [2.05, 4.69) is 23.3 Å². The minimum absolute atomic E-state index is 0.0828. The molecule has 3 nitrogen and oxygen atoms in total. The molecule has 13 heavy (non-hydrogen) atoms. The first-order valence-corrected chi connectivity index (χ1v) is 5.50. The molecule has 0 aliphatic carbocycles. The number of piperidine rings is 1. The zero-order valence-electron chi connectivity index (χ0n) is 8.16. The van der Waals surface area contributed by atoms with Crippen molar-refractivity contribution in [2.75, 3.05) is 19.6 Å². The lowest BCUT2D eigenvalue weighted by Gasteiger charge is -2.36. The molecule has 0 atom stereocenters. The van der Waals surface area contributed by atoms with Crippen LogP contribution in [-0.2, 0) is 0 Å². The van der Waals surface area contributed by atoms with Gasteiger partial charge < -0.3 is 4.90 Å². The Morgan fingerprint density at radius 1 is 1.54 bits per heavy atom. The molecule has 1 radical (unpaired) electrons. The first-order valence-electron chi connectivity index (χ1n) is 4.73. The van der Waals surface area contributed by atoms with Crippen LogP contribution in [0, 0.1) is 11.8 Å². The average Bonchev–Trinajstić information content (AvgIpc) is 2.10. The Hall–Kier alpha value is -0.0900. The summed E-state index contributed by atoms with van der Waals surface area (Å²) in [5, 5.41) is 0. The molecule has 0 amide bonds. The molecule has 0 N–H and O–H groups in total. The lowest BCUT2D eigenvalue weighted by Crippen LogP contribution is -2.40. The van der Waals surface area contributed by atoms with E-state index in [1.54, 1.807) is 0 Å². The van der Waals surface area contributed by atoms with Gasteiger partial charge in [-0.05, 0) is 45.8 Å². The Morgan fingerprint density at radius 3 is 2.62 bits per heavy atom. The van der Waals surface area contributed by atoms with Gasteiger partial charge in [0, 0.05) is 21.3 Å².